The average molecular weight is 359 g/mol. The van der Waals surface area contributed by atoms with Crippen LogP contribution in [0.25, 0.3) is 0 Å². The number of hydrogen-bond donors (Lipinski definition) is 0. The maximum absolute atomic E-state index is 4.91. The van der Waals surface area contributed by atoms with Gasteiger partial charge in [0.15, 0.2) is 0 Å². The molecule has 0 amide bonds. The van der Waals surface area contributed by atoms with E-state index in [0.717, 1.165) is 23.7 Å². The second kappa shape index (κ2) is 4.69. The molecule has 138 valence electrons. The molecule has 3 heteroatoms. The van der Waals surface area contributed by atoms with Crippen molar-refractivity contribution < 1.29 is 0 Å². The molecule has 1 heterocycles. The van der Waals surface area contributed by atoms with Gasteiger partial charge in [-0.05, 0) is 73.0 Å². The van der Waals surface area contributed by atoms with Crippen molar-refractivity contribution in [2.45, 2.75) is 90.9 Å². The quantitative estimate of drug-likeness (QED) is 0.651. The zero-order valence-corrected chi connectivity index (χ0v) is 17.7. The molecule has 0 N–H and O–H groups in total. The summed E-state index contributed by atoms with van der Waals surface area (Å²) in [5, 5.41) is 12.6. The summed E-state index contributed by atoms with van der Waals surface area (Å²) in [5.74, 6) is 3.29. The first-order valence-corrected chi connectivity index (χ1v) is 11.3. The summed E-state index contributed by atoms with van der Waals surface area (Å²) in [6, 6.07) is 0. The van der Waals surface area contributed by atoms with Crippen molar-refractivity contribution in [2.75, 3.05) is 0 Å². The van der Waals surface area contributed by atoms with Gasteiger partial charge in [-0.25, -0.2) is 0 Å². The van der Waals surface area contributed by atoms with E-state index in [1.807, 2.05) is 11.3 Å². The summed E-state index contributed by atoms with van der Waals surface area (Å²) in [4.78, 5) is 0. The number of hydrogen-bond acceptors (Lipinski definition) is 3. The van der Waals surface area contributed by atoms with E-state index < -0.39 is 0 Å². The van der Waals surface area contributed by atoms with Crippen molar-refractivity contribution in [1.29, 1.82) is 0 Å². The summed E-state index contributed by atoms with van der Waals surface area (Å²) < 4.78 is 0. The molecule has 7 rings (SSSR count). The molecule has 25 heavy (non-hydrogen) atoms. The summed E-state index contributed by atoms with van der Waals surface area (Å²) in [7, 11) is 0. The van der Waals surface area contributed by atoms with Crippen LogP contribution in [0.1, 0.15) is 90.1 Å². The summed E-state index contributed by atoms with van der Waals surface area (Å²) in [5.41, 5.74) is 1.39. The molecule has 6 saturated carbocycles. The fourth-order valence-electron chi connectivity index (χ4n) is 8.00. The Hall–Kier alpha value is -0.440. The third kappa shape index (κ3) is 1.61. The van der Waals surface area contributed by atoms with Crippen LogP contribution in [0.4, 0.5) is 0 Å². The van der Waals surface area contributed by atoms with Gasteiger partial charge in [0.2, 0.25) is 0 Å². The molecule has 0 spiro atoms. The molecular weight excluding hydrogens is 324 g/mol. The fourth-order valence-corrected chi connectivity index (χ4v) is 9.81. The highest BCUT2D eigenvalue weighted by atomic mass is 32.1. The smallest absolute Gasteiger partial charge is 0.124 e. The number of aromatic nitrogens is 2. The Morgan fingerprint density at radius 3 is 1.44 bits per heavy atom. The molecule has 6 unspecified atom stereocenters. The first kappa shape index (κ1) is 16.7. The van der Waals surface area contributed by atoms with Gasteiger partial charge in [-0.15, -0.1) is 21.5 Å². The van der Waals surface area contributed by atoms with E-state index in [2.05, 4.69) is 41.5 Å². The lowest BCUT2D eigenvalue weighted by Gasteiger charge is -2.68. The maximum atomic E-state index is 4.91. The normalized spacial score (nSPS) is 49.2. The lowest BCUT2D eigenvalue weighted by Crippen LogP contribution is -2.64. The monoisotopic (exact) mass is 358 g/mol. The molecule has 6 aliphatic rings. The van der Waals surface area contributed by atoms with E-state index in [1.54, 1.807) is 0 Å². The molecule has 4 bridgehead atoms. The SMILES string of the molecule is CC1CCC2CC1(c1nnc(C34CC(CCC3C)C4(C)C)s1)C2(C)C. The van der Waals surface area contributed by atoms with Crippen LogP contribution in [0, 0.1) is 34.5 Å². The predicted molar refractivity (Wildman–Crippen MR) is 104 cm³/mol. The van der Waals surface area contributed by atoms with Gasteiger partial charge in [-0.1, -0.05) is 41.5 Å². The predicted octanol–water partition coefficient (Wildman–Crippen LogP) is 5.97. The second-order valence-corrected chi connectivity index (χ2v) is 12.0. The van der Waals surface area contributed by atoms with E-state index in [9.17, 15) is 0 Å². The van der Waals surface area contributed by atoms with Crippen LogP contribution < -0.4 is 0 Å². The molecule has 2 nitrogen and oxygen atoms in total. The Balaban J connectivity index is 1.57. The van der Waals surface area contributed by atoms with Gasteiger partial charge in [0, 0.05) is 10.8 Å². The first-order valence-electron chi connectivity index (χ1n) is 10.5. The van der Waals surface area contributed by atoms with Crippen LogP contribution >= 0.6 is 11.3 Å². The molecule has 0 saturated heterocycles. The van der Waals surface area contributed by atoms with Gasteiger partial charge in [-0.3, -0.25) is 0 Å². The summed E-state index contributed by atoms with van der Waals surface area (Å²) >= 11 is 2.01. The minimum atomic E-state index is 0.299. The minimum absolute atomic E-state index is 0.299. The molecule has 6 aliphatic carbocycles. The fraction of sp³-hybridized carbons (Fsp3) is 0.909. The molecular formula is C22H34N2S. The largest absolute Gasteiger partial charge is 0.143 e. The number of nitrogens with zero attached hydrogens (tertiary/aromatic N) is 2. The number of fused-ring (bicyclic) bond motifs is 4. The van der Waals surface area contributed by atoms with Crippen LogP contribution in [0.2, 0.25) is 0 Å². The van der Waals surface area contributed by atoms with Crippen LogP contribution in [0.3, 0.4) is 0 Å². The van der Waals surface area contributed by atoms with Crippen LogP contribution in [0.15, 0.2) is 0 Å². The number of rotatable bonds is 2. The molecule has 6 fully saturated rings. The summed E-state index contributed by atoms with van der Waals surface area (Å²) in [6.07, 6.45) is 8.28. The van der Waals surface area contributed by atoms with E-state index in [-0.39, 0.29) is 0 Å². The van der Waals surface area contributed by atoms with Crippen molar-refractivity contribution in [1.82, 2.24) is 10.2 Å². The van der Waals surface area contributed by atoms with Gasteiger partial charge < -0.3 is 0 Å². The summed E-state index contributed by atoms with van der Waals surface area (Å²) in [6.45, 7) is 15.0. The van der Waals surface area contributed by atoms with E-state index in [4.69, 9.17) is 10.2 Å². The highest BCUT2D eigenvalue weighted by Gasteiger charge is 2.69. The van der Waals surface area contributed by atoms with Crippen LogP contribution in [-0.4, -0.2) is 10.2 Å². The van der Waals surface area contributed by atoms with Crippen LogP contribution in [0.5, 0.6) is 0 Å². The van der Waals surface area contributed by atoms with Gasteiger partial charge in [0.05, 0.1) is 0 Å². The molecule has 0 aromatic carbocycles. The Labute approximate surface area is 157 Å². The third-order valence-corrected chi connectivity index (χ3v) is 11.5. The van der Waals surface area contributed by atoms with Crippen molar-refractivity contribution in [2.24, 2.45) is 34.5 Å². The highest BCUT2D eigenvalue weighted by molar-refractivity contribution is 7.11. The Morgan fingerprint density at radius 1 is 0.720 bits per heavy atom. The van der Waals surface area contributed by atoms with Crippen molar-refractivity contribution in [3.63, 3.8) is 0 Å². The lowest BCUT2D eigenvalue weighted by atomic mass is 9.37. The van der Waals surface area contributed by atoms with Gasteiger partial charge in [0.25, 0.3) is 0 Å². The maximum Gasteiger partial charge on any atom is 0.124 e. The Bertz CT molecular complexity index is 661. The van der Waals surface area contributed by atoms with Gasteiger partial charge in [0.1, 0.15) is 10.0 Å². The average Bonchev–Trinajstić information content (AvgIpc) is 3.04. The minimum Gasteiger partial charge on any atom is -0.143 e. The molecule has 0 radical (unpaired) electrons. The highest BCUT2D eigenvalue weighted by Crippen LogP contribution is 2.73. The first-order chi connectivity index (χ1) is 11.7. The van der Waals surface area contributed by atoms with E-state index >= 15 is 0 Å². The Kier molecular flexibility index (Phi) is 3.14. The van der Waals surface area contributed by atoms with E-state index in [1.165, 1.54) is 48.5 Å². The third-order valence-electron chi connectivity index (χ3n) is 10.2. The van der Waals surface area contributed by atoms with Crippen molar-refractivity contribution in [3.8, 4) is 0 Å². The molecule has 0 aliphatic heterocycles. The van der Waals surface area contributed by atoms with Gasteiger partial charge in [-0.2, -0.15) is 0 Å². The standard InChI is InChI=1S/C22H34N2S/c1-13-7-9-15-11-21(13,19(15,3)4)17-23-24-18(25-17)22-12-16(20(22,5)6)10-8-14(22)2/h13-16H,7-12H2,1-6H3. The Morgan fingerprint density at radius 2 is 1.12 bits per heavy atom. The van der Waals surface area contributed by atoms with Crippen molar-refractivity contribution in [3.05, 3.63) is 10.0 Å². The van der Waals surface area contributed by atoms with Crippen LogP contribution in [-0.2, 0) is 10.8 Å². The topological polar surface area (TPSA) is 25.8 Å². The molecule has 6 atom stereocenters. The van der Waals surface area contributed by atoms with Crippen molar-refractivity contribution >= 4 is 11.3 Å². The van der Waals surface area contributed by atoms with E-state index in [0.29, 0.717) is 21.7 Å². The molecule has 1 aromatic rings. The zero-order valence-electron chi connectivity index (χ0n) is 16.9. The second-order valence-electron chi connectivity index (χ2n) is 11.1. The molecule has 1 aromatic heterocycles. The zero-order chi connectivity index (χ0) is 17.8. The lowest BCUT2D eigenvalue weighted by molar-refractivity contribution is -0.134. The van der Waals surface area contributed by atoms with Gasteiger partial charge >= 0.3 is 0 Å².